The van der Waals surface area contributed by atoms with E-state index in [4.69, 9.17) is 4.74 Å². The van der Waals surface area contributed by atoms with Crippen molar-refractivity contribution in [3.05, 3.63) is 137 Å². The van der Waals surface area contributed by atoms with Crippen LogP contribution < -0.4 is 9.64 Å². The summed E-state index contributed by atoms with van der Waals surface area (Å²) in [4.78, 5) is 2.11. The molecule has 7 rings (SSSR count). The van der Waals surface area contributed by atoms with Gasteiger partial charge in [-0.1, -0.05) is 92.7 Å². The van der Waals surface area contributed by atoms with Crippen LogP contribution in [0, 0.1) is 11.3 Å². The normalized spacial score (nSPS) is 17.9. The summed E-state index contributed by atoms with van der Waals surface area (Å²) in [6, 6.07) is 36.2. The van der Waals surface area contributed by atoms with E-state index in [1.807, 2.05) is 12.1 Å². The molecule has 2 aliphatic rings. The topological polar surface area (TPSA) is 36.3 Å². The lowest BCUT2D eigenvalue weighted by atomic mass is 9.76. The quantitative estimate of drug-likeness (QED) is 0.240. The monoisotopic (exact) mass is 518 g/mol. The highest BCUT2D eigenvalue weighted by atomic mass is 16.5. The van der Waals surface area contributed by atoms with Crippen molar-refractivity contribution in [2.75, 3.05) is 19.0 Å². The van der Waals surface area contributed by atoms with Gasteiger partial charge in [0.15, 0.2) is 5.60 Å². The number of nitriles is 1. The van der Waals surface area contributed by atoms with E-state index in [0.717, 1.165) is 33.5 Å². The third-order valence-electron chi connectivity index (χ3n) is 8.68. The van der Waals surface area contributed by atoms with Crippen molar-refractivity contribution < 1.29 is 4.74 Å². The fraction of sp³-hybridized carbons (Fsp3) is 0.162. The molecule has 1 atom stereocenters. The Hall–Kier alpha value is -4.81. The summed E-state index contributed by atoms with van der Waals surface area (Å²) >= 11 is 0. The molecule has 5 aromatic rings. The Kier molecular flexibility index (Phi) is 5.21. The lowest BCUT2D eigenvalue weighted by Gasteiger charge is -2.38. The summed E-state index contributed by atoms with van der Waals surface area (Å²) in [7, 11) is 4.11. The van der Waals surface area contributed by atoms with E-state index in [2.05, 4.69) is 136 Å². The number of benzene rings is 5. The van der Waals surface area contributed by atoms with E-state index in [9.17, 15) is 5.26 Å². The summed E-state index contributed by atoms with van der Waals surface area (Å²) in [5.74, 6) is 0.902. The third kappa shape index (κ3) is 3.29. The SMILES string of the molecule is CN(C)c1ccc(C2(c3ccccc3)C=Cc3c4c(c5ccccc5c3O2)-c2ccc(C#N)cc2C4(C)C)cc1. The third-order valence-corrected chi connectivity index (χ3v) is 8.68. The summed E-state index contributed by atoms with van der Waals surface area (Å²) in [6.45, 7) is 4.53. The van der Waals surface area contributed by atoms with Crippen LogP contribution in [-0.2, 0) is 11.0 Å². The molecule has 194 valence electrons. The van der Waals surface area contributed by atoms with Gasteiger partial charge in [-0.3, -0.25) is 0 Å². The number of ether oxygens (including phenoxy) is 1. The number of hydrogen-bond donors (Lipinski definition) is 0. The van der Waals surface area contributed by atoms with Crippen LogP contribution in [0.3, 0.4) is 0 Å². The van der Waals surface area contributed by atoms with Crippen molar-refractivity contribution in [3.8, 4) is 22.9 Å². The second kappa shape index (κ2) is 8.60. The van der Waals surface area contributed by atoms with Gasteiger partial charge in [-0.15, -0.1) is 0 Å². The van der Waals surface area contributed by atoms with Crippen LogP contribution in [-0.4, -0.2) is 14.1 Å². The molecule has 0 bridgehead atoms. The molecule has 0 fully saturated rings. The van der Waals surface area contributed by atoms with Gasteiger partial charge in [-0.2, -0.15) is 5.26 Å². The summed E-state index contributed by atoms with van der Waals surface area (Å²) < 4.78 is 7.31. The molecule has 3 nitrogen and oxygen atoms in total. The Morgan fingerprint density at radius 1 is 0.775 bits per heavy atom. The zero-order chi connectivity index (χ0) is 27.6. The van der Waals surface area contributed by atoms with Gasteiger partial charge in [0.05, 0.1) is 11.6 Å². The summed E-state index contributed by atoms with van der Waals surface area (Å²) in [6.07, 6.45) is 4.50. The maximum Gasteiger partial charge on any atom is 0.178 e. The first-order valence-electron chi connectivity index (χ1n) is 13.7. The standard InChI is InChI=1S/C37H30N2O/c1-36(2)32-22-24(23-38)14-19-30(32)33-28-12-8-9-13-29(28)35-31(34(33)36)20-21-37(40-35,25-10-6-5-7-11-25)26-15-17-27(18-16-26)39(3)4/h5-22H,1-4H3. The molecule has 40 heavy (non-hydrogen) atoms. The smallest absolute Gasteiger partial charge is 0.178 e. The van der Waals surface area contributed by atoms with Crippen molar-refractivity contribution in [1.82, 2.24) is 0 Å². The highest BCUT2D eigenvalue weighted by Gasteiger charge is 2.44. The van der Waals surface area contributed by atoms with Crippen LogP contribution in [0.1, 0.15) is 47.2 Å². The molecule has 0 saturated heterocycles. The molecule has 0 amide bonds. The van der Waals surface area contributed by atoms with Crippen LogP contribution in [0.2, 0.25) is 0 Å². The van der Waals surface area contributed by atoms with E-state index < -0.39 is 5.60 Å². The minimum absolute atomic E-state index is 0.292. The number of nitrogens with zero attached hydrogens (tertiary/aromatic N) is 2. The van der Waals surface area contributed by atoms with Gasteiger partial charge >= 0.3 is 0 Å². The van der Waals surface area contributed by atoms with Gasteiger partial charge in [0.1, 0.15) is 5.75 Å². The molecule has 5 aromatic carbocycles. The molecule has 1 aliphatic heterocycles. The van der Waals surface area contributed by atoms with E-state index in [-0.39, 0.29) is 5.41 Å². The van der Waals surface area contributed by atoms with Gasteiger partial charge < -0.3 is 9.64 Å². The van der Waals surface area contributed by atoms with Crippen LogP contribution >= 0.6 is 0 Å². The largest absolute Gasteiger partial charge is 0.472 e. The van der Waals surface area contributed by atoms with Gasteiger partial charge in [-0.05, 0) is 58.0 Å². The van der Waals surface area contributed by atoms with Gasteiger partial charge in [0.25, 0.3) is 0 Å². The maximum atomic E-state index is 9.66. The lowest BCUT2D eigenvalue weighted by molar-refractivity contribution is 0.163. The first kappa shape index (κ1) is 24.2. The average molecular weight is 519 g/mol. The molecule has 1 aliphatic carbocycles. The van der Waals surface area contributed by atoms with E-state index in [1.54, 1.807) is 0 Å². The Bertz CT molecular complexity index is 1870. The Morgan fingerprint density at radius 2 is 1.45 bits per heavy atom. The highest BCUT2D eigenvalue weighted by molar-refractivity contribution is 6.08. The van der Waals surface area contributed by atoms with Gasteiger partial charge in [0, 0.05) is 47.3 Å². The fourth-order valence-electron chi connectivity index (χ4n) is 6.67. The number of rotatable bonds is 3. The minimum Gasteiger partial charge on any atom is -0.472 e. The first-order valence-corrected chi connectivity index (χ1v) is 13.7. The molecule has 0 radical (unpaired) electrons. The second-order valence-corrected chi connectivity index (χ2v) is 11.5. The van der Waals surface area contributed by atoms with Gasteiger partial charge in [-0.25, -0.2) is 0 Å². The molecular formula is C37H30N2O. The Balaban J connectivity index is 1.52. The summed E-state index contributed by atoms with van der Waals surface area (Å²) in [5.41, 5.74) is 8.93. The van der Waals surface area contributed by atoms with Crippen LogP contribution in [0.4, 0.5) is 5.69 Å². The van der Waals surface area contributed by atoms with Crippen molar-refractivity contribution in [2.45, 2.75) is 24.9 Å². The summed E-state index contributed by atoms with van der Waals surface area (Å²) in [5, 5.41) is 11.9. The molecule has 0 saturated carbocycles. The van der Waals surface area contributed by atoms with Crippen molar-refractivity contribution >= 4 is 22.5 Å². The van der Waals surface area contributed by atoms with E-state index >= 15 is 0 Å². The molecule has 0 N–H and O–H groups in total. The van der Waals surface area contributed by atoms with Gasteiger partial charge in [0.2, 0.25) is 0 Å². The molecule has 1 heterocycles. The minimum atomic E-state index is -0.778. The second-order valence-electron chi connectivity index (χ2n) is 11.5. The van der Waals surface area contributed by atoms with Crippen LogP contribution in [0.5, 0.6) is 5.75 Å². The van der Waals surface area contributed by atoms with Crippen molar-refractivity contribution in [2.24, 2.45) is 0 Å². The Labute approximate surface area is 235 Å². The predicted octanol–water partition coefficient (Wildman–Crippen LogP) is 8.43. The maximum absolute atomic E-state index is 9.66. The highest BCUT2D eigenvalue weighted by Crippen LogP contribution is 2.58. The van der Waals surface area contributed by atoms with E-state index in [1.165, 1.54) is 27.6 Å². The first-order chi connectivity index (χ1) is 19.3. The number of fused-ring (bicyclic) bond motifs is 8. The molecular weight excluding hydrogens is 488 g/mol. The van der Waals surface area contributed by atoms with Crippen LogP contribution in [0.25, 0.3) is 28.0 Å². The lowest BCUT2D eigenvalue weighted by Crippen LogP contribution is -2.35. The zero-order valence-corrected chi connectivity index (χ0v) is 23.2. The number of anilines is 1. The molecule has 0 aromatic heterocycles. The number of hydrogen-bond acceptors (Lipinski definition) is 3. The molecule has 1 unspecified atom stereocenters. The zero-order valence-electron chi connectivity index (χ0n) is 23.2. The van der Waals surface area contributed by atoms with Crippen molar-refractivity contribution in [1.29, 1.82) is 5.26 Å². The van der Waals surface area contributed by atoms with Crippen LogP contribution in [0.15, 0.2) is 103 Å². The Morgan fingerprint density at radius 3 is 2.15 bits per heavy atom. The van der Waals surface area contributed by atoms with Crippen molar-refractivity contribution in [3.63, 3.8) is 0 Å². The fourth-order valence-corrected chi connectivity index (χ4v) is 6.67. The molecule has 3 heteroatoms. The predicted molar refractivity (Wildman–Crippen MR) is 164 cm³/mol. The van der Waals surface area contributed by atoms with E-state index in [0.29, 0.717) is 5.56 Å². The molecule has 0 spiro atoms. The average Bonchev–Trinajstić information content (AvgIpc) is 3.23.